The number of nitrogens with zero attached hydrogens (tertiary/aromatic N) is 4. The first-order chi connectivity index (χ1) is 7.69. The van der Waals surface area contributed by atoms with Gasteiger partial charge in [0.15, 0.2) is 11.5 Å². The maximum absolute atomic E-state index is 11.2. The highest BCUT2D eigenvalue weighted by Crippen LogP contribution is 2.07. The van der Waals surface area contributed by atoms with Gasteiger partial charge in [0.25, 0.3) is 5.91 Å². The van der Waals surface area contributed by atoms with Crippen molar-refractivity contribution in [1.82, 2.24) is 15.5 Å². The lowest BCUT2D eigenvalue weighted by Gasteiger charge is -2.15. The van der Waals surface area contributed by atoms with Gasteiger partial charge in [-0.1, -0.05) is 0 Å². The Morgan fingerprint density at radius 1 is 1.56 bits per heavy atom. The zero-order valence-electron chi connectivity index (χ0n) is 9.27. The van der Waals surface area contributed by atoms with Gasteiger partial charge in [-0.2, -0.15) is 5.26 Å². The predicted molar refractivity (Wildman–Crippen MR) is 58.9 cm³/mol. The lowest BCUT2D eigenvalue weighted by atomic mass is 10.3. The van der Waals surface area contributed by atoms with Crippen molar-refractivity contribution < 1.29 is 4.79 Å². The van der Waals surface area contributed by atoms with Crippen LogP contribution >= 0.6 is 0 Å². The molecule has 6 heteroatoms. The summed E-state index contributed by atoms with van der Waals surface area (Å²) in [6, 6.07) is 5.36. The number of amides is 1. The summed E-state index contributed by atoms with van der Waals surface area (Å²) in [5.74, 6) is 0.377. The fourth-order valence-corrected chi connectivity index (χ4v) is 1.11. The second kappa shape index (κ2) is 5.66. The molecule has 0 unspecified atom stereocenters. The summed E-state index contributed by atoms with van der Waals surface area (Å²) >= 11 is 0. The van der Waals surface area contributed by atoms with E-state index in [1.807, 2.05) is 11.9 Å². The quantitative estimate of drug-likeness (QED) is 0.781. The smallest absolute Gasteiger partial charge is 0.271 e. The minimum Gasteiger partial charge on any atom is -0.357 e. The molecular formula is C10H13N5O. The number of aromatic nitrogens is 2. The predicted octanol–water partition coefficient (Wildman–Crippen LogP) is 0.186. The Bertz CT molecular complexity index is 395. The molecule has 0 aromatic carbocycles. The van der Waals surface area contributed by atoms with Gasteiger partial charge in [-0.3, -0.25) is 4.79 Å². The van der Waals surface area contributed by atoms with Crippen LogP contribution in [0.1, 0.15) is 16.9 Å². The van der Waals surface area contributed by atoms with Crippen LogP contribution in [0.4, 0.5) is 5.82 Å². The fourth-order valence-electron chi connectivity index (χ4n) is 1.11. The SMILES string of the molecule is CNC(=O)c1ccc(N(C)CCC#N)nn1. The van der Waals surface area contributed by atoms with Crippen molar-refractivity contribution in [1.29, 1.82) is 5.26 Å². The maximum atomic E-state index is 11.2. The van der Waals surface area contributed by atoms with E-state index in [9.17, 15) is 4.79 Å². The summed E-state index contributed by atoms with van der Waals surface area (Å²) in [4.78, 5) is 13.0. The van der Waals surface area contributed by atoms with E-state index in [0.717, 1.165) is 0 Å². The summed E-state index contributed by atoms with van der Waals surface area (Å²) in [5, 5.41) is 18.6. The van der Waals surface area contributed by atoms with Gasteiger partial charge in [-0.05, 0) is 12.1 Å². The number of carbonyl (C=O) groups excluding carboxylic acids is 1. The van der Waals surface area contributed by atoms with Crippen molar-refractivity contribution in [3.05, 3.63) is 17.8 Å². The molecule has 0 saturated carbocycles. The molecule has 1 aromatic heterocycles. The van der Waals surface area contributed by atoms with Gasteiger partial charge in [0.05, 0.1) is 12.5 Å². The van der Waals surface area contributed by atoms with Crippen LogP contribution in [0.3, 0.4) is 0 Å². The highest BCUT2D eigenvalue weighted by Gasteiger charge is 2.07. The minimum absolute atomic E-state index is 0.265. The zero-order chi connectivity index (χ0) is 12.0. The third kappa shape index (κ3) is 2.92. The van der Waals surface area contributed by atoms with Crippen LogP contribution in [0, 0.1) is 11.3 Å². The molecule has 0 spiro atoms. The molecule has 0 atom stereocenters. The number of carbonyl (C=O) groups is 1. The van der Waals surface area contributed by atoms with Crippen LogP contribution in [-0.2, 0) is 0 Å². The van der Waals surface area contributed by atoms with Crippen LogP contribution in [0.5, 0.6) is 0 Å². The Morgan fingerprint density at radius 3 is 2.81 bits per heavy atom. The van der Waals surface area contributed by atoms with Crippen molar-refractivity contribution >= 4 is 11.7 Å². The molecule has 1 heterocycles. The van der Waals surface area contributed by atoms with E-state index < -0.39 is 0 Å². The Labute approximate surface area is 93.9 Å². The van der Waals surface area contributed by atoms with E-state index >= 15 is 0 Å². The summed E-state index contributed by atoms with van der Waals surface area (Å²) in [7, 11) is 3.36. The Kier molecular flexibility index (Phi) is 4.21. The highest BCUT2D eigenvalue weighted by molar-refractivity contribution is 5.91. The summed E-state index contributed by atoms with van der Waals surface area (Å²) in [6.07, 6.45) is 0.426. The van der Waals surface area contributed by atoms with Crippen molar-refractivity contribution in [2.75, 3.05) is 25.5 Å². The van der Waals surface area contributed by atoms with Crippen LogP contribution in [0.2, 0.25) is 0 Å². The van der Waals surface area contributed by atoms with Gasteiger partial charge in [-0.25, -0.2) is 0 Å². The Hall–Kier alpha value is -2.16. The first kappa shape index (κ1) is 11.9. The monoisotopic (exact) mass is 219 g/mol. The first-order valence-corrected chi connectivity index (χ1v) is 4.83. The molecule has 0 saturated heterocycles. The Morgan fingerprint density at radius 2 is 2.31 bits per heavy atom. The average molecular weight is 219 g/mol. The standard InChI is InChI=1S/C10H13N5O/c1-12-10(16)8-4-5-9(14-13-8)15(2)7-3-6-11/h4-5H,3,7H2,1-2H3,(H,12,16). The largest absolute Gasteiger partial charge is 0.357 e. The first-order valence-electron chi connectivity index (χ1n) is 4.83. The Balaban J connectivity index is 2.71. The van der Waals surface area contributed by atoms with Crippen molar-refractivity contribution in [3.8, 4) is 6.07 Å². The molecule has 1 aromatic rings. The molecule has 1 amide bonds. The summed E-state index contributed by atoms with van der Waals surface area (Å²) in [5.41, 5.74) is 0.278. The van der Waals surface area contributed by atoms with E-state index in [4.69, 9.17) is 5.26 Å². The minimum atomic E-state index is -0.265. The topological polar surface area (TPSA) is 81.9 Å². The number of anilines is 1. The molecule has 6 nitrogen and oxygen atoms in total. The zero-order valence-corrected chi connectivity index (χ0v) is 9.27. The normalized spacial score (nSPS) is 9.31. The van der Waals surface area contributed by atoms with Crippen molar-refractivity contribution in [3.63, 3.8) is 0 Å². The molecule has 0 radical (unpaired) electrons. The van der Waals surface area contributed by atoms with Gasteiger partial charge in [0.1, 0.15) is 0 Å². The molecule has 0 aliphatic rings. The molecule has 0 bridgehead atoms. The van der Waals surface area contributed by atoms with E-state index in [2.05, 4.69) is 21.6 Å². The lowest BCUT2D eigenvalue weighted by Crippen LogP contribution is -2.22. The van der Waals surface area contributed by atoms with Crippen molar-refractivity contribution in [2.24, 2.45) is 0 Å². The van der Waals surface area contributed by atoms with Crippen LogP contribution in [0.15, 0.2) is 12.1 Å². The van der Waals surface area contributed by atoms with Crippen LogP contribution < -0.4 is 10.2 Å². The average Bonchev–Trinajstić information content (AvgIpc) is 2.35. The molecular weight excluding hydrogens is 206 g/mol. The van der Waals surface area contributed by atoms with Gasteiger partial charge in [-0.15, -0.1) is 10.2 Å². The number of hydrogen-bond acceptors (Lipinski definition) is 5. The van der Waals surface area contributed by atoms with Gasteiger partial charge in [0, 0.05) is 20.6 Å². The van der Waals surface area contributed by atoms with Crippen LogP contribution in [0.25, 0.3) is 0 Å². The molecule has 0 aliphatic heterocycles. The van der Waals surface area contributed by atoms with Crippen LogP contribution in [-0.4, -0.2) is 36.7 Å². The fraction of sp³-hybridized carbons (Fsp3) is 0.400. The molecule has 0 fully saturated rings. The van der Waals surface area contributed by atoms with Gasteiger partial charge < -0.3 is 10.2 Å². The van der Waals surface area contributed by atoms with E-state index in [1.54, 1.807) is 12.1 Å². The molecule has 0 aliphatic carbocycles. The third-order valence-corrected chi connectivity index (χ3v) is 2.06. The van der Waals surface area contributed by atoms with E-state index in [0.29, 0.717) is 18.8 Å². The summed E-state index contributed by atoms with van der Waals surface area (Å²) < 4.78 is 0. The number of hydrogen-bond donors (Lipinski definition) is 1. The molecule has 1 N–H and O–H groups in total. The molecule has 16 heavy (non-hydrogen) atoms. The third-order valence-electron chi connectivity index (χ3n) is 2.06. The second-order valence-corrected chi connectivity index (χ2v) is 3.19. The number of rotatable bonds is 4. The second-order valence-electron chi connectivity index (χ2n) is 3.19. The number of nitrogens with one attached hydrogen (secondary N) is 1. The molecule has 1 rings (SSSR count). The van der Waals surface area contributed by atoms with Gasteiger partial charge >= 0.3 is 0 Å². The highest BCUT2D eigenvalue weighted by atomic mass is 16.1. The summed E-state index contributed by atoms with van der Waals surface area (Å²) in [6.45, 7) is 0.588. The van der Waals surface area contributed by atoms with Crippen molar-refractivity contribution in [2.45, 2.75) is 6.42 Å². The number of nitriles is 1. The molecule has 84 valence electrons. The van der Waals surface area contributed by atoms with E-state index in [1.165, 1.54) is 7.05 Å². The lowest BCUT2D eigenvalue weighted by molar-refractivity contribution is 0.0957. The van der Waals surface area contributed by atoms with E-state index in [-0.39, 0.29) is 11.6 Å². The maximum Gasteiger partial charge on any atom is 0.271 e. The van der Waals surface area contributed by atoms with Gasteiger partial charge in [0.2, 0.25) is 0 Å².